The van der Waals surface area contributed by atoms with Gasteiger partial charge in [0.1, 0.15) is 0 Å². The molecule has 0 radical (unpaired) electrons. The van der Waals surface area contributed by atoms with Crippen LogP contribution < -0.4 is 5.32 Å². The molecule has 0 saturated carbocycles. The van der Waals surface area contributed by atoms with Crippen LogP contribution in [-0.4, -0.2) is 23.8 Å². The highest BCUT2D eigenvalue weighted by atomic mass is 16.2. The summed E-state index contributed by atoms with van der Waals surface area (Å²) in [6.45, 7) is 5.97. The number of rotatable bonds is 10. The first-order valence-corrected chi connectivity index (χ1v) is 7.54. The largest absolute Gasteiger partial charge is 0.396 e. The van der Waals surface area contributed by atoms with Gasteiger partial charge in [0.2, 0.25) is 0 Å². The van der Waals surface area contributed by atoms with E-state index in [1.807, 2.05) is 0 Å². The third-order valence-corrected chi connectivity index (χ3v) is 3.57. The summed E-state index contributed by atoms with van der Waals surface area (Å²) < 4.78 is 0. The number of nitrogens with one attached hydrogen (secondary N) is 1. The molecule has 0 bridgehead atoms. The minimum Gasteiger partial charge on any atom is -0.396 e. The normalized spacial score (nSPS) is 11.7. The zero-order chi connectivity index (χ0) is 14.0. The molecular weight excluding hydrogens is 234 g/mol. The molecule has 108 valence electrons. The summed E-state index contributed by atoms with van der Waals surface area (Å²) in [7, 11) is 0. The van der Waals surface area contributed by atoms with Gasteiger partial charge in [-0.1, -0.05) is 43.2 Å². The van der Waals surface area contributed by atoms with Gasteiger partial charge in [-0.15, -0.1) is 0 Å². The number of hydrogen-bond donors (Lipinski definition) is 2. The van der Waals surface area contributed by atoms with Crippen LogP contribution in [0.2, 0.25) is 0 Å². The third-order valence-electron chi connectivity index (χ3n) is 3.57. The molecule has 0 aromatic heterocycles. The summed E-state index contributed by atoms with van der Waals surface area (Å²) in [6, 6.07) is 10.7. The Kier molecular flexibility index (Phi) is 7.76. The van der Waals surface area contributed by atoms with E-state index in [-0.39, 0.29) is 5.54 Å². The van der Waals surface area contributed by atoms with E-state index in [4.69, 9.17) is 5.11 Å². The maximum absolute atomic E-state index is 8.71. The van der Waals surface area contributed by atoms with Crippen molar-refractivity contribution < 1.29 is 5.11 Å². The SMILES string of the molecule is CC(C)(CCc1ccccc1)NCCCCCCO. The molecule has 0 aliphatic heterocycles. The van der Waals surface area contributed by atoms with Gasteiger partial charge in [0.05, 0.1) is 0 Å². The van der Waals surface area contributed by atoms with Crippen LogP contribution in [0.15, 0.2) is 30.3 Å². The maximum atomic E-state index is 8.71. The highest BCUT2D eigenvalue weighted by molar-refractivity contribution is 5.15. The van der Waals surface area contributed by atoms with Crippen molar-refractivity contribution in [2.24, 2.45) is 0 Å². The molecule has 0 heterocycles. The van der Waals surface area contributed by atoms with E-state index in [9.17, 15) is 0 Å². The summed E-state index contributed by atoms with van der Waals surface area (Å²) in [4.78, 5) is 0. The Balaban J connectivity index is 2.13. The van der Waals surface area contributed by atoms with Crippen molar-refractivity contribution in [2.75, 3.05) is 13.2 Å². The minimum absolute atomic E-state index is 0.201. The van der Waals surface area contributed by atoms with Gasteiger partial charge in [-0.3, -0.25) is 0 Å². The second kappa shape index (κ2) is 9.11. The Labute approximate surface area is 118 Å². The quantitative estimate of drug-likeness (QED) is 0.633. The minimum atomic E-state index is 0.201. The van der Waals surface area contributed by atoms with E-state index in [2.05, 4.69) is 49.5 Å². The van der Waals surface area contributed by atoms with Crippen molar-refractivity contribution in [3.8, 4) is 0 Å². The third kappa shape index (κ3) is 8.02. The van der Waals surface area contributed by atoms with Crippen LogP contribution in [0.4, 0.5) is 0 Å². The number of aliphatic hydroxyl groups is 1. The van der Waals surface area contributed by atoms with Crippen molar-refractivity contribution in [3.63, 3.8) is 0 Å². The number of unbranched alkanes of at least 4 members (excludes halogenated alkanes) is 3. The average Bonchev–Trinajstić information content (AvgIpc) is 2.42. The molecule has 0 spiro atoms. The van der Waals surface area contributed by atoms with Crippen LogP contribution in [0.1, 0.15) is 51.5 Å². The second-order valence-electron chi connectivity index (χ2n) is 5.93. The fraction of sp³-hybridized carbons (Fsp3) is 0.647. The van der Waals surface area contributed by atoms with Gasteiger partial charge in [-0.05, 0) is 51.6 Å². The number of aryl methyl sites for hydroxylation is 1. The number of aliphatic hydroxyl groups excluding tert-OH is 1. The van der Waals surface area contributed by atoms with Gasteiger partial charge in [0.25, 0.3) is 0 Å². The number of hydrogen-bond acceptors (Lipinski definition) is 2. The van der Waals surface area contributed by atoms with Crippen molar-refractivity contribution >= 4 is 0 Å². The molecule has 0 aliphatic carbocycles. The highest BCUT2D eigenvalue weighted by Gasteiger charge is 2.15. The molecule has 1 aromatic rings. The van der Waals surface area contributed by atoms with Crippen molar-refractivity contribution in [1.82, 2.24) is 5.32 Å². The van der Waals surface area contributed by atoms with Crippen LogP contribution in [0.25, 0.3) is 0 Å². The lowest BCUT2D eigenvalue weighted by Crippen LogP contribution is -2.40. The smallest absolute Gasteiger partial charge is 0.0431 e. The summed E-state index contributed by atoms with van der Waals surface area (Å²) in [5, 5.41) is 12.4. The number of benzene rings is 1. The van der Waals surface area contributed by atoms with Crippen LogP contribution >= 0.6 is 0 Å². The maximum Gasteiger partial charge on any atom is 0.0431 e. The van der Waals surface area contributed by atoms with Gasteiger partial charge in [-0.2, -0.15) is 0 Å². The molecule has 0 aliphatic rings. The van der Waals surface area contributed by atoms with E-state index in [1.165, 1.54) is 18.4 Å². The van der Waals surface area contributed by atoms with Crippen LogP contribution in [0, 0.1) is 0 Å². The van der Waals surface area contributed by atoms with Crippen LogP contribution in [0.5, 0.6) is 0 Å². The molecule has 1 aromatic carbocycles. The van der Waals surface area contributed by atoms with Gasteiger partial charge in [0.15, 0.2) is 0 Å². The standard InChI is InChI=1S/C17H29NO/c1-17(2,18-14-8-3-4-9-15-19)13-12-16-10-6-5-7-11-16/h5-7,10-11,18-19H,3-4,8-9,12-15H2,1-2H3. The van der Waals surface area contributed by atoms with E-state index >= 15 is 0 Å². The van der Waals surface area contributed by atoms with E-state index in [0.717, 1.165) is 32.2 Å². The first-order valence-electron chi connectivity index (χ1n) is 7.54. The monoisotopic (exact) mass is 263 g/mol. The molecule has 0 fully saturated rings. The predicted octanol–water partition coefficient (Wildman–Crippen LogP) is 3.54. The molecule has 2 heteroatoms. The van der Waals surface area contributed by atoms with E-state index in [1.54, 1.807) is 0 Å². The lowest BCUT2D eigenvalue weighted by atomic mass is 9.95. The predicted molar refractivity (Wildman–Crippen MR) is 82.4 cm³/mol. The van der Waals surface area contributed by atoms with Crippen LogP contribution in [-0.2, 0) is 6.42 Å². The average molecular weight is 263 g/mol. The molecule has 0 amide bonds. The Hall–Kier alpha value is -0.860. The fourth-order valence-electron chi connectivity index (χ4n) is 2.21. The Morgan fingerprint density at radius 1 is 1.00 bits per heavy atom. The Morgan fingerprint density at radius 2 is 1.68 bits per heavy atom. The first kappa shape index (κ1) is 16.2. The fourth-order valence-corrected chi connectivity index (χ4v) is 2.21. The van der Waals surface area contributed by atoms with Crippen molar-refractivity contribution in [1.29, 1.82) is 0 Å². The lowest BCUT2D eigenvalue weighted by molar-refractivity contribution is 0.281. The zero-order valence-electron chi connectivity index (χ0n) is 12.5. The molecule has 2 nitrogen and oxygen atoms in total. The van der Waals surface area contributed by atoms with Gasteiger partial charge in [-0.25, -0.2) is 0 Å². The van der Waals surface area contributed by atoms with E-state index in [0.29, 0.717) is 6.61 Å². The molecule has 0 atom stereocenters. The molecule has 0 saturated heterocycles. The van der Waals surface area contributed by atoms with E-state index < -0.39 is 0 Å². The van der Waals surface area contributed by atoms with Gasteiger partial charge >= 0.3 is 0 Å². The van der Waals surface area contributed by atoms with Gasteiger partial charge in [0, 0.05) is 12.1 Å². The molecule has 19 heavy (non-hydrogen) atoms. The highest BCUT2D eigenvalue weighted by Crippen LogP contribution is 2.13. The molecular formula is C17H29NO. The van der Waals surface area contributed by atoms with Gasteiger partial charge < -0.3 is 10.4 Å². The van der Waals surface area contributed by atoms with Crippen molar-refractivity contribution in [2.45, 2.75) is 57.9 Å². The molecule has 2 N–H and O–H groups in total. The first-order chi connectivity index (χ1) is 9.14. The summed E-state index contributed by atoms with van der Waals surface area (Å²) >= 11 is 0. The second-order valence-corrected chi connectivity index (χ2v) is 5.93. The molecule has 1 rings (SSSR count). The Morgan fingerprint density at radius 3 is 2.37 bits per heavy atom. The lowest BCUT2D eigenvalue weighted by Gasteiger charge is -2.26. The van der Waals surface area contributed by atoms with Crippen LogP contribution in [0.3, 0.4) is 0 Å². The summed E-state index contributed by atoms with van der Waals surface area (Å²) in [5.41, 5.74) is 1.62. The summed E-state index contributed by atoms with van der Waals surface area (Å²) in [6.07, 6.45) is 6.79. The zero-order valence-corrected chi connectivity index (χ0v) is 12.5. The summed E-state index contributed by atoms with van der Waals surface area (Å²) in [5.74, 6) is 0. The molecule has 0 unspecified atom stereocenters. The topological polar surface area (TPSA) is 32.3 Å². The Bertz CT molecular complexity index is 321. The van der Waals surface area contributed by atoms with Crippen molar-refractivity contribution in [3.05, 3.63) is 35.9 Å².